The van der Waals surface area contributed by atoms with Crippen molar-refractivity contribution in [1.29, 1.82) is 0 Å². The van der Waals surface area contributed by atoms with Crippen LogP contribution in [0.4, 0.5) is 4.39 Å². The van der Waals surface area contributed by atoms with Gasteiger partial charge in [-0.25, -0.2) is 12.8 Å². The van der Waals surface area contributed by atoms with Gasteiger partial charge in [0.15, 0.2) is 0 Å². The van der Waals surface area contributed by atoms with Gasteiger partial charge in [-0.2, -0.15) is 4.31 Å². The van der Waals surface area contributed by atoms with Crippen LogP contribution in [0.1, 0.15) is 24.4 Å². The van der Waals surface area contributed by atoms with Gasteiger partial charge < -0.3 is 10.1 Å². The number of morpholine rings is 1. The number of sulfonamides is 1. The van der Waals surface area contributed by atoms with Crippen LogP contribution in [0.15, 0.2) is 59.5 Å². The number of hydrogen-bond donors (Lipinski definition) is 1. The van der Waals surface area contributed by atoms with Crippen LogP contribution in [0.5, 0.6) is 0 Å². The summed E-state index contributed by atoms with van der Waals surface area (Å²) in [6, 6.07) is 14.4. The van der Waals surface area contributed by atoms with E-state index in [9.17, 15) is 17.6 Å². The molecule has 0 spiro atoms. The Morgan fingerprint density at radius 2 is 1.76 bits per heavy atom. The summed E-state index contributed by atoms with van der Waals surface area (Å²) in [4.78, 5) is 15.6. The fourth-order valence-electron chi connectivity index (χ4n) is 4.38. The molecule has 2 saturated heterocycles. The van der Waals surface area contributed by atoms with Gasteiger partial charge in [0.05, 0.1) is 30.1 Å². The van der Waals surface area contributed by atoms with E-state index in [1.807, 2.05) is 30.3 Å². The first-order valence-corrected chi connectivity index (χ1v) is 12.8. The van der Waals surface area contributed by atoms with E-state index in [0.717, 1.165) is 30.8 Å². The average molecular weight is 476 g/mol. The average Bonchev–Trinajstić information content (AvgIpc) is 2.85. The fourth-order valence-corrected chi connectivity index (χ4v) is 5.91. The first-order valence-electron chi connectivity index (χ1n) is 11.3. The molecule has 2 aromatic carbocycles. The molecule has 2 aromatic rings. The standard InChI is InChI=1S/C24H30FN3O4S/c25-21-8-10-22(11-9-21)33(30,31)28-12-4-7-20(17-28)24(29)26-23(19-5-2-1-3-6-19)18-27-13-15-32-16-14-27/h1-3,5-6,8-11,20,23H,4,7,12-18H2,(H,26,29)/t20-,23-/m1/s1. The molecule has 0 radical (unpaired) electrons. The predicted octanol–water partition coefficient (Wildman–Crippen LogP) is 2.42. The zero-order valence-electron chi connectivity index (χ0n) is 18.5. The third-order valence-electron chi connectivity index (χ3n) is 6.27. The molecule has 7 nitrogen and oxygen atoms in total. The highest BCUT2D eigenvalue weighted by Gasteiger charge is 2.34. The van der Waals surface area contributed by atoms with Crippen molar-refractivity contribution in [2.75, 3.05) is 45.9 Å². The molecule has 33 heavy (non-hydrogen) atoms. The zero-order valence-corrected chi connectivity index (χ0v) is 19.3. The number of carbonyl (C=O) groups is 1. The lowest BCUT2D eigenvalue weighted by molar-refractivity contribution is -0.127. The molecule has 9 heteroatoms. The van der Waals surface area contributed by atoms with Gasteiger partial charge in [0, 0.05) is 32.7 Å². The number of nitrogens with zero attached hydrogens (tertiary/aromatic N) is 2. The zero-order chi connectivity index (χ0) is 23.3. The molecule has 1 amide bonds. The second-order valence-corrected chi connectivity index (χ2v) is 10.5. The van der Waals surface area contributed by atoms with Gasteiger partial charge in [-0.15, -0.1) is 0 Å². The van der Waals surface area contributed by atoms with Crippen LogP contribution in [-0.2, 0) is 19.6 Å². The van der Waals surface area contributed by atoms with Crippen LogP contribution in [-0.4, -0.2) is 69.5 Å². The highest BCUT2D eigenvalue weighted by Crippen LogP contribution is 2.25. The molecule has 0 bridgehead atoms. The Hall–Kier alpha value is -2.33. The minimum absolute atomic E-state index is 0.0411. The molecular formula is C24H30FN3O4S. The molecule has 0 unspecified atom stereocenters. The van der Waals surface area contributed by atoms with Crippen LogP contribution in [0.3, 0.4) is 0 Å². The lowest BCUT2D eigenvalue weighted by Gasteiger charge is -2.34. The third-order valence-corrected chi connectivity index (χ3v) is 8.15. The quantitative estimate of drug-likeness (QED) is 0.666. The number of rotatable bonds is 7. The van der Waals surface area contributed by atoms with Crippen LogP contribution >= 0.6 is 0 Å². The van der Waals surface area contributed by atoms with Crippen molar-refractivity contribution in [3.8, 4) is 0 Å². The molecule has 1 N–H and O–H groups in total. The van der Waals surface area contributed by atoms with Crippen LogP contribution in [0.25, 0.3) is 0 Å². The number of piperidine rings is 1. The molecular weight excluding hydrogens is 445 g/mol. The molecule has 2 heterocycles. The topological polar surface area (TPSA) is 79.0 Å². The number of hydrogen-bond acceptors (Lipinski definition) is 5. The van der Waals surface area contributed by atoms with Crippen molar-refractivity contribution in [3.05, 3.63) is 66.0 Å². The summed E-state index contributed by atoms with van der Waals surface area (Å²) in [5.41, 5.74) is 1.02. The first kappa shape index (κ1) is 23.8. The maximum atomic E-state index is 13.3. The van der Waals surface area contributed by atoms with Crippen molar-refractivity contribution < 1.29 is 22.3 Å². The maximum absolute atomic E-state index is 13.3. The van der Waals surface area contributed by atoms with Crippen molar-refractivity contribution in [2.45, 2.75) is 23.8 Å². The summed E-state index contributed by atoms with van der Waals surface area (Å²) < 4.78 is 46.1. The number of benzene rings is 2. The highest BCUT2D eigenvalue weighted by molar-refractivity contribution is 7.89. The SMILES string of the molecule is O=C(N[C@H](CN1CCOCC1)c1ccccc1)[C@@H]1CCCN(S(=O)(=O)c2ccc(F)cc2)C1. The van der Waals surface area contributed by atoms with Crippen molar-refractivity contribution >= 4 is 15.9 Å². The first-order chi connectivity index (χ1) is 15.9. The number of ether oxygens (including phenoxy) is 1. The fraction of sp³-hybridized carbons (Fsp3) is 0.458. The minimum atomic E-state index is -3.78. The van der Waals surface area contributed by atoms with Gasteiger partial charge >= 0.3 is 0 Å². The van der Waals surface area contributed by atoms with Crippen molar-refractivity contribution in [2.24, 2.45) is 5.92 Å². The Kier molecular flexibility index (Phi) is 7.75. The van der Waals surface area contributed by atoms with Gasteiger partial charge in [0.2, 0.25) is 15.9 Å². The highest BCUT2D eigenvalue weighted by atomic mass is 32.2. The van der Waals surface area contributed by atoms with E-state index in [2.05, 4.69) is 10.2 Å². The monoisotopic (exact) mass is 475 g/mol. The normalized spacial score (nSPS) is 21.4. The third kappa shape index (κ3) is 5.97. The van der Waals surface area contributed by atoms with E-state index in [1.165, 1.54) is 16.4 Å². The van der Waals surface area contributed by atoms with Crippen LogP contribution < -0.4 is 5.32 Å². The molecule has 2 fully saturated rings. The molecule has 0 aromatic heterocycles. The van der Waals surface area contributed by atoms with Gasteiger partial charge in [-0.05, 0) is 42.7 Å². The Morgan fingerprint density at radius 1 is 1.06 bits per heavy atom. The predicted molar refractivity (Wildman–Crippen MR) is 122 cm³/mol. The minimum Gasteiger partial charge on any atom is -0.379 e. The van der Waals surface area contributed by atoms with Crippen LogP contribution in [0.2, 0.25) is 0 Å². The second kappa shape index (κ2) is 10.7. The smallest absolute Gasteiger partial charge is 0.243 e. The summed E-state index contributed by atoms with van der Waals surface area (Å²) in [6.07, 6.45) is 1.22. The Balaban J connectivity index is 1.45. The van der Waals surface area contributed by atoms with Crippen molar-refractivity contribution in [3.63, 3.8) is 0 Å². The summed E-state index contributed by atoms with van der Waals surface area (Å²) >= 11 is 0. The van der Waals surface area contributed by atoms with E-state index in [-0.39, 0.29) is 23.4 Å². The molecule has 2 aliphatic rings. The van der Waals surface area contributed by atoms with E-state index >= 15 is 0 Å². The molecule has 178 valence electrons. The molecule has 0 saturated carbocycles. The number of nitrogens with one attached hydrogen (secondary N) is 1. The molecule has 2 aliphatic heterocycles. The Morgan fingerprint density at radius 3 is 2.45 bits per heavy atom. The van der Waals surface area contributed by atoms with E-state index < -0.39 is 21.8 Å². The summed E-state index contributed by atoms with van der Waals surface area (Å²) in [5, 5.41) is 3.18. The van der Waals surface area contributed by atoms with E-state index in [4.69, 9.17) is 4.74 Å². The van der Waals surface area contributed by atoms with Gasteiger partial charge in [0.25, 0.3) is 0 Å². The molecule has 0 aliphatic carbocycles. The molecule has 4 rings (SSSR count). The van der Waals surface area contributed by atoms with Gasteiger partial charge in [0.1, 0.15) is 5.82 Å². The summed E-state index contributed by atoms with van der Waals surface area (Å²) in [7, 11) is -3.78. The van der Waals surface area contributed by atoms with Gasteiger partial charge in [-0.1, -0.05) is 30.3 Å². The Bertz CT molecular complexity index is 1030. The summed E-state index contributed by atoms with van der Waals surface area (Å²) in [6.45, 7) is 4.11. The lowest BCUT2D eigenvalue weighted by Crippen LogP contribution is -2.48. The van der Waals surface area contributed by atoms with E-state index in [0.29, 0.717) is 39.1 Å². The second-order valence-electron chi connectivity index (χ2n) is 8.54. The van der Waals surface area contributed by atoms with E-state index in [1.54, 1.807) is 0 Å². The number of carbonyl (C=O) groups excluding carboxylic acids is 1. The lowest BCUT2D eigenvalue weighted by atomic mass is 9.97. The molecule has 2 atom stereocenters. The maximum Gasteiger partial charge on any atom is 0.243 e. The van der Waals surface area contributed by atoms with Crippen molar-refractivity contribution in [1.82, 2.24) is 14.5 Å². The summed E-state index contributed by atoms with van der Waals surface area (Å²) in [5.74, 6) is -1.07. The van der Waals surface area contributed by atoms with Crippen LogP contribution in [0, 0.1) is 11.7 Å². The Labute approximate surface area is 194 Å². The number of halogens is 1. The largest absolute Gasteiger partial charge is 0.379 e. The number of amides is 1. The van der Waals surface area contributed by atoms with Gasteiger partial charge in [-0.3, -0.25) is 9.69 Å².